The van der Waals surface area contributed by atoms with Crippen molar-refractivity contribution >= 4 is 5.91 Å². The number of carbonyl (C=O) groups excluding carboxylic acids is 1. The number of nitrogens with two attached hydrogens (primary N) is 2. The van der Waals surface area contributed by atoms with Crippen LogP contribution >= 0.6 is 0 Å². The first-order chi connectivity index (χ1) is 6.37. The highest BCUT2D eigenvalue weighted by molar-refractivity contribution is 5.82. The molecule has 0 heterocycles. The lowest BCUT2D eigenvalue weighted by atomic mass is 9.88. The Balaban J connectivity index is 4.39. The number of hydrogen-bond acceptors (Lipinski definition) is 3. The van der Waals surface area contributed by atoms with Gasteiger partial charge in [-0.25, -0.2) is 0 Å². The Hall–Kier alpha value is -0.610. The average Bonchev–Trinajstić information content (AvgIpc) is 2.15. The number of hydrogen-bond donors (Lipinski definition) is 3. The van der Waals surface area contributed by atoms with Crippen LogP contribution in [-0.2, 0) is 4.79 Å². The molecule has 0 fully saturated rings. The topological polar surface area (TPSA) is 81.1 Å². The third-order valence-corrected chi connectivity index (χ3v) is 2.88. The van der Waals surface area contributed by atoms with Crippen molar-refractivity contribution < 1.29 is 4.79 Å². The van der Waals surface area contributed by atoms with Crippen molar-refractivity contribution in [2.75, 3.05) is 6.54 Å². The Morgan fingerprint density at radius 3 is 2.29 bits per heavy atom. The molecule has 0 aromatic rings. The van der Waals surface area contributed by atoms with E-state index in [2.05, 4.69) is 5.32 Å². The van der Waals surface area contributed by atoms with Crippen LogP contribution in [0.25, 0.3) is 0 Å². The summed E-state index contributed by atoms with van der Waals surface area (Å²) >= 11 is 0. The maximum Gasteiger partial charge on any atom is 0.237 e. The fraction of sp³-hybridized carbons (Fsp3) is 0.900. The van der Waals surface area contributed by atoms with E-state index in [9.17, 15) is 4.79 Å². The van der Waals surface area contributed by atoms with Gasteiger partial charge in [-0.1, -0.05) is 20.8 Å². The number of carbonyl (C=O) groups is 1. The second kappa shape index (κ2) is 5.32. The molecule has 0 saturated heterocycles. The molecule has 0 bridgehead atoms. The second-order valence-corrected chi connectivity index (χ2v) is 4.28. The van der Waals surface area contributed by atoms with Crippen molar-refractivity contribution in [2.45, 2.75) is 45.7 Å². The minimum atomic E-state index is -0.431. The van der Waals surface area contributed by atoms with Gasteiger partial charge in [-0.2, -0.15) is 0 Å². The Labute approximate surface area is 86.4 Å². The maximum absolute atomic E-state index is 11.6. The van der Waals surface area contributed by atoms with E-state index >= 15 is 0 Å². The molecule has 1 unspecified atom stereocenters. The quantitative estimate of drug-likeness (QED) is 0.595. The summed E-state index contributed by atoms with van der Waals surface area (Å²) in [5.41, 5.74) is 10.9. The minimum absolute atomic E-state index is 0.117. The van der Waals surface area contributed by atoms with Crippen LogP contribution in [0.4, 0.5) is 0 Å². The summed E-state index contributed by atoms with van der Waals surface area (Å²) in [6.45, 7) is 8.32. The van der Waals surface area contributed by atoms with Gasteiger partial charge in [-0.15, -0.1) is 0 Å². The smallest absolute Gasteiger partial charge is 0.237 e. The van der Waals surface area contributed by atoms with Crippen LogP contribution in [0.2, 0.25) is 0 Å². The monoisotopic (exact) mass is 201 g/mol. The van der Waals surface area contributed by atoms with E-state index in [0.717, 1.165) is 0 Å². The fourth-order valence-electron chi connectivity index (χ4n) is 0.991. The largest absolute Gasteiger partial charge is 0.348 e. The zero-order chi connectivity index (χ0) is 11.4. The lowest BCUT2D eigenvalue weighted by Gasteiger charge is -2.34. The Bertz CT molecular complexity index is 194. The molecule has 0 radical (unpaired) electrons. The van der Waals surface area contributed by atoms with Crippen molar-refractivity contribution in [3.05, 3.63) is 0 Å². The zero-order valence-electron chi connectivity index (χ0n) is 9.63. The molecule has 0 aliphatic heterocycles. The van der Waals surface area contributed by atoms with E-state index in [1.54, 1.807) is 0 Å². The average molecular weight is 201 g/mol. The predicted molar refractivity (Wildman–Crippen MR) is 58.7 cm³/mol. The molecule has 0 aliphatic carbocycles. The molecule has 0 spiro atoms. The summed E-state index contributed by atoms with van der Waals surface area (Å²) in [6, 6.07) is -0.431. The SMILES string of the molecule is CC[C@H](N)C(=O)NC(C)(CN)C(C)C. The summed E-state index contributed by atoms with van der Waals surface area (Å²) in [5, 5.41) is 2.90. The lowest BCUT2D eigenvalue weighted by Crippen LogP contribution is -2.58. The third kappa shape index (κ3) is 3.27. The molecule has 0 rings (SSSR count). The van der Waals surface area contributed by atoms with Crippen LogP contribution in [0.3, 0.4) is 0 Å². The van der Waals surface area contributed by atoms with Crippen LogP contribution in [-0.4, -0.2) is 24.0 Å². The zero-order valence-corrected chi connectivity index (χ0v) is 9.63. The van der Waals surface area contributed by atoms with Gasteiger partial charge in [0, 0.05) is 6.54 Å². The molecule has 0 aromatic heterocycles. The Kier molecular flexibility index (Phi) is 5.08. The fourth-order valence-corrected chi connectivity index (χ4v) is 0.991. The summed E-state index contributed by atoms with van der Waals surface area (Å²) in [5.74, 6) is 0.176. The molecule has 0 aliphatic rings. The summed E-state index contributed by atoms with van der Waals surface area (Å²) in [7, 11) is 0. The molecule has 5 N–H and O–H groups in total. The molecule has 14 heavy (non-hydrogen) atoms. The van der Waals surface area contributed by atoms with Gasteiger partial charge in [0.15, 0.2) is 0 Å². The van der Waals surface area contributed by atoms with Crippen LogP contribution in [0.1, 0.15) is 34.1 Å². The second-order valence-electron chi connectivity index (χ2n) is 4.28. The van der Waals surface area contributed by atoms with Crippen LogP contribution in [0, 0.1) is 5.92 Å². The van der Waals surface area contributed by atoms with Crippen LogP contribution in [0.5, 0.6) is 0 Å². The third-order valence-electron chi connectivity index (χ3n) is 2.88. The summed E-state index contributed by atoms with van der Waals surface area (Å²) < 4.78 is 0. The molecule has 2 atom stereocenters. The maximum atomic E-state index is 11.6. The number of rotatable bonds is 5. The van der Waals surface area contributed by atoms with Crippen molar-refractivity contribution in [1.82, 2.24) is 5.32 Å². The lowest BCUT2D eigenvalue weighted by molar-refractivity contribution is -0.124. The van der Waals surface area contributed by atoms with E-state index in [4.69, 9.17) is 11.5 Å². The van der Waals surface area contributed by atoms with Gasteiger partial charge in [-0.05, 0) is 19.3 Å². The summed E-state index contributed by atoms with van der Waals surface area (Å²) in [6.07, 6.45) is 0.643. The molecule has 4 nitrogen and oxygen atoms in total. The van der Waals surface area contributed by atoms with Crippen molar-refractivity contribution in [3.8, 4) is 0 Å². The van der Waals surface area contributed by atoms with Crippen LogP contribution < -0.4 is 16.8 Å². The van der Waals surface area contributed by atoms with E-state index in [1.165, 1.54) is 0 Å². The van der Waals surface area contributed by atoms with Crippen molar-refractivity contribution in [3.63, 3.8) is 0 Å². The molecule has 84 valence electrons. The van der Waals surface area contributed by atoms with E-state index in [0.29, 0.717) is 18.9 Å². The molecule has 0 aromatic carbocycles. The predicted octanol–water partition coefficient (Wildman–Crippen LogP) is 0.213. The van der Waals surface area contributed by atoms with E-state index in [-0.39, 0.29) is 11.4 Å². The first-order valence-corrected chi connectivity index (χ1v) is 5.15. The Morgan fingerprint density at radius 1 is 1.50 bits per heavy atom. The minimum Gasteiger partial charge on any atom is -0.348 e. The highest BCUT2D eigenvalue weighted by Gasteiger charge is 2.29. The molecular weight excluding hydrogens is 178 g/mol. The highest BCUT2D eigenvalue weighted by Crippen LogP contribution is 2.14. The van der Waals surface area contributed by atoms with Crippen molar-refractivity contribution in [2.24, 2.45) is 17.4 Å². The van der Waals surface area contributed by atoms with E-state index < -0.39 is 6.04 Å². The molecular formula is C10H23N3O. The number of nitrogens with one attached hydrogen (secondary N) is 1. The van der Waals surface area contributed by atoms with Gasteiger partial charge in [0.25, 0.3) is 0 Å². The van der Waals surface area contributed by atoms with Gasteiger partial charge in [0.05, 0.1) is 11.6 Å². The normalized spacial score (nSPS) is 17.6. The standard InChI is InChI=1S/C10H23N3O/c1-5-8(12)9(14)13-10(4,6-11)7(2)3/h7-8H,5-6,11-12H2,1-4H3,(H,13,14)/t8-,10?/m0/s1. The van der Waals surface area contributed by atoms with Gasteiger partial charge < -0.3 is 16.8 Å². The first-order valence-electron chi connectivity index (χ1n) is 5.15. The van der Waals surface area contributed by atoms with Gasteiger partial charge in [0.1, 0.15) is 0 Å². The van der Waals surface area contributed by atoms with Crippen molar-refractivity contribution in [1.29, 1.82) is 0 Å². The van der Waals surface area contributed by atoms with Crippen LogP contribution in [0.15, 0.2) is 0 Å². The summed E-state index contributed by atoms with van der Waals surface area (Å²) in [4.78, 5) is 11.6. The molecule has 4 heteroatoms. The highest BCUT2D eigenvalue weighted by atomic mass is 16.2. The molecule has 1 amide bonds. The molecule has 0 saturated carbocycles. The Morgan fingerprint density at radius 2 is 2.00 bits per heavy atom. The first kappa shape index (κ1) is 13.4. The van der Waals surface area contributed by atoms with Gasteiger partial charge in [0.2, 0.25) is 5.91 Å². The van der Waals surface area contributed by atoms with E-state index in [1.807, 2.05) is 27.7 Å². The number of amides is 1. The van der Waals surface area contributed by atoms with Gasteiger partial charge >= 0.3 is 0 Å². The van der Waals surface area contributed by atoms with Gasteiger partial charge in [-0.3, -0.25) is 4.79 Å².